The van der Waals surface area contributed by atoms with E-state index in [1.807, 2.05) is 0 Å². The number of benzene rings is 1. The Balaban J connectivity index is 2.10. The Morgan fingerprint density at radius 3 is 3.00 bits per heavy atom. The number of rotatable bonds is 3. The lowest BCUT2D eigenvalue weighted by Crippen LogP contribution is -2.33. The maximum absolute atomic E-state index is 13.6. The zero-order chi connectivity index (χ0) is 14.7. The topological polar surface area (TPSA) is 58.6 Å². The first-order chi connectivity index (χ1) is 9.51. The third-order valence-corrected chi connectivity index (χ3v) is 2.87. The van der Waals surface area contributed by atoms with Gasteiger partial charge in [0.1, 0.15) is 11.9 Å². The number of amides is 2. The molecule has 0 aliphatic carbocycles. The van der Waals surface area contributed by atoms with Gasteiger partial charge in [-0.2, -0.15) is 0 Å². The molecule has 1 aliphatic heterocycles. The van der Waals surface area contributed by atoms with Gasteiger partial charge in [-0.1, -0.05) is 5.92 Å². The van der Waals surface area contributed by atoms with Crippen molar-refractivity contribution in [2.75, 3.05) is 18.0 Å². The summed E-state index contributed by atoms with van der Waals surface area (Å²) in [4.78, 5) is 23.8. The third-order valence-electron chi connectivity index (χ3n) is 2.87. The predicted molar refractivity (Wildman–Crippen MR) is 70.6 cm³/mol. The van der Waals surface area contributed by atoms with Gasteiger partial charge in [-0.25, -0.2) is 9.18 Å². The zero-order valence-electron chi connectivity index (χ0n) is 10.9. The van der Waals surface area contributed by atoms with Crippen molar-refractivity contribution in [2.45, 2.75) is 13.0 Å². The third kappa shape index (κ3) is 2.88. The molecule has 1 fully saturated rings. The number of hydrogen-bond acceptors (Lipinski definition) is 3. The van der Waals surface area contributed by atoms with E-state index < -0.39 is 18.0 Å². The minimum Gasteiger partial charge on any atom is -0.442 e. The molecule has 0 spiro atoms. The highest BCUT2D eigenvalue weighted by atomic mass is 19.1. The molecule has 20 heavy (non-hydrogen) atoms. The van der Waals surface area contributed by atoms with Crippen molar-refractivity contribution < 1.29 is 18.7 Å². The second-order valence-corrected chi connectivity index (χ2v) is 4.36. The zero-order valence-corrected chi connectivity index (χ0v) is 10.9. The monoisotopic (exact) mass is 276 g/mol. The summed E-state index contributed by atoms with van der Waals surface area (Å²) >= 11 is 0. The maximum atomic E-state index is 13.6. The van der Waals surface area contributed by atoms with Crippen LogP contribution in [0.2, 0.25) is 0 Å². The molecule has 1 aliphatic rings. The summed E-state index contributed by atoms with van der Waals surface area (Å²) in [5, 5.41) is 2.57. The van der Waals surface area contributed by atoms with Gasteiger partial charge in [0.25, 0.3) is 0 Å². The van der Waals surface area contributed by atoms with Gasteiger partial charge in [0.05, 0.1) is 24.3 Å². The molecule has 0 saturated carbocycles. The summed E-state index contributed by atoms with van der Waals surface area (Å²) in [5.41, 5.74) is 0.507. The molecule has 1 heterocycles. The van der Waals surface area contributed by atoms with Gasteiger partial charge in [-0.3, -0.25) is 9.69 Å². The Bertz CT molecular complexity index is 595. The van der Waals surface area contributed by atoms with Crippen molar-refractivity contribution in [3.8, 4) is 12.3 Å². The van der Waals surface area contributed by atoms with Crippen molar-refractivity contribution in [3.63, 3.8) is 0 Å². The summed E-state index contributed by atoms with van der Waals surface area (Å²) in [5.74, 6) is 1.44. The first-order valence-corrected chi connectivity index (χ1v) is 6.00. The molecule has 2 rings (SSSR count). The number of cyclic esters (lactones) is 1. The van der Waals surface area contributed by atoms with E-state index in [4.69, 9.17) is 11.2 Å². The molecule has 104 valence electrons. The van der Waals surface area contributed by atoms with E-state index in [9.17, 15) is 14.0 Å². The molecule has 1 N–H and O–H groups in total. The molecule has 0 radical (unpaired) electrons. The Kier molecular flexibility index (Phi) is 3.89. The average molecular weight is 276 g/mol. The largest absolute Gasteiger partial charge is 0.442 e. The minimum atomic E-state index is -0.576. The first kappa shape index (κ1) is 13.9. The van der Waals surface area contributed by atoms with Crippen molar-refractivity contribution in [3.05, 3.63) is 29.6 Å². The van der Waals surface area contributed by atoms with Gasteiger partial charge in [0.15, 0.2) is 0 Å². The fourth-order valence-electron chi connectivity index (χ4n) is 1.89. The molecule has 5 nitrogen and oxygen atoms in total. The number of anilines is 1. The van der Waals surface area contributed by atoms with Gasteiger partial charge < -0.3 is 10.1 Å². The minimum absolute atomic E-state index is 0.135. The van der Waals surface area contributed by atoms with Gasteiger partial charge in [0.2, 0.25) is 5.91 Å². The maximum Gasteiger partial charge on any atom is 0.414 e. The van der Waals surface area contributed by atoms with Crippen LogP contribution in [0.15, 0.2) is 18.2 Å². The summed E-state index contributed by atoms with van der Waals surface area (Å²) < 4.78 is 18.7. The molecule has 1 aromatic rings. The number of terminal acetylenes is 1. The van der Waals surface area contributed by atoms with Crippen LogP contribution < -0.4 is 10.2 Å². The predicted octanol–water partition coefficient (Wildman–Crippen LogP) is 1.27. The molecule has 2 amide bonds. The highest BCUT2D eigenvalue weighted by Crippen LogP contribution is 2.23. The summed E-state index contributed by atoms with van der Waals surface area (Å²) in [6.07, 6.45) is 4.10. The van der Waals surface area contributed by atoms with Crippen LogP contribution in [0.4, 0.5) is 14.9 Å². The van der Waals surface area contributed by atoms with E-state index in [1.165, 1.54) is 24.0 Å². The van der Waals surface area contributed by atoms with E-state index in [0.717, 1.165) is 0 Å². The van der Waals surface area contributed by atoms with Crippen LogP contribution in [0.25, 0.3) is 0 Å². The van der Waals surface area contributed by atoms with Crippen LogP contribution in [-0.2, 0) is 9.53 Å². The molecule has 1 aromatic carbocycles. The van der Waals surface area contributed by atoms with Crippen LogP contribution in [-0.4, -0.2) is 31.2 Å². The summed E-state index contributed by atoms with van der Waals surface area (Å²) in [6.45, 7) is 1.85. The normalized spacial score (nSPS) is 17.6. The van der Waals surface area contributed by atoms with Crippen LogP contribution in [0.5, 0.6) is 0 Å². The number of nitrogens with one attached hydrogen (secondary N) is 1. The fraction of sp³-hybridized carbons (Fsp3) is 0.286. The van der Waals surface area contributed by atoms with Crippen LogP contribution in [0.3, 0.4) is 0 Å². The number of ether oxygens (including phenoxy) is 1. The molecule has 1 unspecified atom stereocenters. The second kappa shape index (κ2) is 5.61. The SMILES string of the molecule is C#Cc1ccc(N2CC(CNC(C)=O)OC2=O)cc1F. The second-order valence-electron chi connectivity index (χ2n) is 4.36. The van der Waals surface area contributed by atoms with E-state index in [2.05, 4.69) is 11.2 Å². The van der Waals surface area contributed by atoms with E-state index in [0.29, 0.717) is 5.69 Å². The highest BCUT2D eigenvalue weighted by Gasteiger charge is 2.32. The lowest BCUT2D eigenvalue weighted by Gasteiger charge is -2.13. The van der Waals surface area contributed by atoms with E-state index >= 15 is 0 Å². The number of nitrogens with zero attached hydrogens (tertiary/aromatic N) is 1. The summed E-state index contributed by atoms with van der Waals surface area (Å²) in [6, 6.07) is 4.18. The molecule has 6 heteroatoms. The first-order valence-electron chi connectivity index (χ1n) is 6.00. The molecule has 1 atom stereocenters. The Labute approximate surface area is 115 Å². The number of carbonyl (C=O) groups is 2. The van der Waals surface area contributed by atoms with Crippen LogP contribution in [0.1, 0.15) is 12.5 Å². The van der Waals surface area contributed by atoms with Crippen molar-refractivity contribution in [2.24, 2.45) is 0 Å². The molecule has 0 aromatic heterocycles. The van der Waals surface area contributed by atoms with Gasteiger partial charge in [-0.05, 0) is 18.2 Å². The molecule has 0 bridgehead atoms. The van der Waals surface area contributed by atoms with Gasteiger partial charge in [0, 0.05) is 6.92 Å². The average Bonchev–Trinajstić information content (AvgIpc) is 2.77. The number of carbonyl (C=O) groups excluding carboxylic acids is 2. The van der Waals surface area contributed by atoms with Gasteiger partial charge in [-0.15, -0.1) is 6.42 Å². The molecule has 1 saturated heterocycles. The van der Waals surface area contributed by atoms with Crippen LogP contribution in [0, 0.1) is 18.2 Å². The Hall–Kier alpha value is -2.55. The fourth-order valence-corrected chi connectivity index (χ4v) is 1.89. The summed E-state index contributed by atoms with van der Waals surface area (Å²) in [7, 11) is 0. The van der Waals surface area contributed by atoms with Crippen molar-refractivity contribution in [1.82, 2.24) is 5.32 Å². The van der Waals surface area contributed by atoms with Crippen molar-refractivity contribution in [1.29, 1.82) is 0 Å². The molecular weight excluding hydrogens is 263 g/mol. The number of halogens is 1. The Morgan fingerprint density at radius 2 is 2.40 bits per heavy atom. The standard InChI is InChI=1S/C14H13FN2O3/c1-3-10-4-5-11(6-13(10)15)17-8-12(20-14(17)19)7-16-9(2)18/h1,4-6,12H,7-8H2,2H3,(H,16,18). The van der Waals surface area contributed by atoms with Crippen molar-refractivity contribution >= 4 is 17.7 Å². The van der Waals surface area contributed by atoms with E-state index in [1.54, 1.807) is 6.07 Å². The number of hydrogen-bond donors (Lipinski definition) is 1. The van der Waals surface area contributed by atoms with Gasteiger partial charge >= 0.3 is 6.09 Å². The van der Waals surface area contributed by atoms with Crippen LogP contribution >= 0.6 is 0 Å². The Morgan fingerprint density at radius 1 is 1.65 bits per heavy atom. The lowest BCUT2D eigenvalue weighted by molar-refractivity contribution is -0.119. The van der Waals surface area contributed by atoms with E-state index in [-0.39, 0.29) is 24.6 Å². The molecular formula is C14H13FN2O3. The lowest BCUT2D eigenvalue weighted by atomic mass is 10.2. The smallest absolute Gasteiger partial charge is 0.414 e. The quantitative estimate of drug-likeness (QED) is 0.846. The highest BCUT2D eigenvalue weighted by molar-refractivity contribution is 5.89.